The van der Waals surface area contributed by atoms with E-state index in [1.807, 2.05) is 10.8 Å². The lowest BCUT2D eigenvalue weighted by atomic mass is 10.4. The van der Waals surface area contributed by atoms with Gasteiger partial charge >= 0.3 is 7.60 Å². The highest BCUT2D eigenvalue weighted by atomic mass is 32.1. The molecule has 18 heavy (non-hydrogen) atoms. The van der Waals surface area contributed by atoms with Crippen LogP contribution in [0.25, 0.3) is 0 Å². The van der Waals surface area contributed by atoms with Crippen molar-refractivity contribution in [2.24, 2.45) is 0 Å². The van der Waals surface area contributed by atoms with Crippen LogP contribution >= 0.6 is 18.9 Å². The molecule has 0 aliphatic carbocycles. The first-order valence-corrected chi connectivity index (χ1v) is 8.57. The van der Waals surface area contributed by atoms with Crippen LogP contribution in [0.15, 0.2) is 10.8 Å². The fourth-order valence-corrected chi connectivity index (χ4v) is 4.16. The number of rotatable bonds is 6. The summed E-state index contributed by atoms with van der Waals surface area (Å²) in [7, 11) is -3.08. The highest BCUT2D eigenvalue weighted by Crippen LogP contribution is 2.49. The SMILES string of the molecule is CCOP(=O)(CC1COc2cscc2O1)OCC. The van der Waals surface area contributed by atoms with Crippen LogP contribution in [0.5, 0.6) is 11.5 Å². The molecule has 1 aliphatic rings. The first-order chi connectivity index (χ1) is 8.67. The van der Waals surface area contributed by atoms with Gasteiger partial charge in [-0.3, -0.25) is 4.57 Å². The van der Waals surface area contributed by atoms with Crippen molar-refractivity contribution in [3.63, 3.8) is 0 Å². The minimum absolute atomic E-state index is 0.212. The zero-order valence-electron chi connectivity index (χ0n) is 10.5. The molecule has 1 unspecified atom stereocenters. The average Bonchev–Trinajstić information content (AvgIpc) is 2.76. The second-order valence-electron chi connectivity index (χ2n) is 3.78. The normalized spacial score (nSPS) is 18.9. The number of ether oxygens (including phenoxy) is 2. The predicted octanol–water partition coefficient (Wildman–Crippen LogP) is 3.15. The van der Waals surface area contributed by atoms with Crippen molar-refractivity contribution in [1.82, 2.24) is 0 Å². The Labute approximate surface area is 111 Å². The highest BCUT2D eigenvalue weighted by molar-refractivity contribution is 7.53. The third kappa shape index (κ3) is 3.26. The van der Waals surface area contributed by atoms with Gasteiger partial charge in [-0.15, -0.1) is 11.3 Å². The largest absolute Gasteiger partial charge is 0.485 e. The van der Waals surface area contributed by atoms with E-state index >= 15 is 0 Å². The van der Waals surface area contributed by atoms with E-state index in [1.165, 1.54) is 11.3 Å². The predicted molar refractivity (Wildman–Crippen MR) is 70.0 cm³/mol. The summed E-state index contributed by atoms with van der Waals surface area (Å²) < 4.78 is 34.1. The van der Waals surface area contributed by atoms with E-state index in [1.54, 1.807) is 13.8 Å². The molecule has 1 aromatic heterocycles. The van der Waals surface area contributed by atoms with Gasteiger partial charge in [0.25, 0.3) is 0 Å². The van der Waals surface area contributed by atoms with Gasteiger partial charge in [0.15, 0.2) is 11.5 Å². The molecule has 0 fully saturated rings. The number of fused-ring (bicyclic) bond motifs is 1. The lowest BCUT2D eigenvalue weighted by molar-refractivity contribution is 0.0993. The smallest absolute Gasteiger partial charge is 0.334 e. The quantitative estimate of drug-likeness (QED) is 0.754. The van der Waals surface area contributed by atoms with Crippen LogP contribution in [-0.2, 0) is 13.6 Å². The topological polar surface area (TPSA) is 54.0 Å². The minimum atomic E-state index is -3.08. The molecule has 2 rings (SSSR count). The van der Waals surface area contributed by atoms with Gasteiger partial charge in [-0.2, -0.15) is 0 Å². The van der Waals surface area contributed by atoms with Crippen LogP contribution in [0.3, 0.4) is 0 Å². The molecule has 0 saturated heterocycles. The van der Waals surface area contributed by atoms with Crippen molar-refractivity contribution in [1.29, 1.82) is 0 Å². The van der Waals surface area contributed by atoms with Gasteiger partial charge < -0.3 is 18.5 Å². The molecule has 102 valence electrons. The van der Waals surface area contributed by atoms with Crippen molar-refractivity contribution in [3.05, 3.63) is 10.8 Å². The van der Waals surface area contributed by atoms with Gasteiger partial charge in [0.05, 0.1) is 19.4 Å². The zero-order chi connectivity index (χ0) is 13.0. The molecule has 0 spiro atoms. The van der Waals surface area contributed by atoms with Crippen LogP contribution in [0.1, 0.15) is 13.8 Å². The van der Waals surface area contributed by atoms with E-state index in [0.29, 0.717) is 25.6 Å². The van der Waals surface area contributed by atoms with E-state index < -0.39 is 7.60 Å². The molecule has 0 bridgehead atoms. The van der Waals surface area contributed by atoms with Crippen molar-refractivity contribution in [3.8, 4) is 11.5 Å². The van der Waals surface area contributed by atoms with E-state index in [9.17, 15) is 4.57 Å². The van der Waals surface area contributed by atoms with Gasteiger partial charge in [-0.05, 0) is 13.8 Å². The maximum absolute atomic E-state index is 12.4. The summed E-state index contributed by atoms with van der Waals surface area (Å²) in [5, 5.41) is 3.75. The number of thiophene rings is 1. The van der Waals surface area contributed by atoms with E-state index in [2.05, 4.69) is 0 Å². The molecule has 0 radical (unpaired) electrons. The summed E-state index contributed by atoms with van der Waals surface area (Å²) in [5.74, 6) is 1.45. The number of hydrogen-bond donors (Lipinski definition) is 0. The Morgan fingerprint density at radius 1 is 1.33 bits per heavy atom. The van der Waals surface area contributed by atoms with Crippen molar-refractivity contribution < 1.29 is 23.1 Å². The third-order valence-electron chi connectivity index (χ3n) is 2.39. The fourth-order valence-electron chi connectivity index (χ4n) is 1.74. The highest BCUT2D eigenvalue weighted by Gasteiger charge is 2.32. The molecule has 1 aliphatic heterocycles. The lowest BCUT2D eigenvalue weighted by Gasteiger charge is -2.27. The standard InChI is InChI=1S/C11H17O5PS/c1-3-14-17(12,15-4-2)6-9-5-13-10-7-18-8-11(10)16-9/h7-9H,3-6H2,1-2H3. The minimum Gasteiger partial charge on any atom is -0.485 e. The Balaban J connectivity index is 1.99. The lowest BCUT2D eigenvalue weighted by Crippen LogP contribution is -2.32. The Hall–Kier alpha value is -0.550. The molecular formula is C11H17O5PS. The molecule has 0 N–H and O–H groups in total. The summed E-state index contributed by atoms with van der Waals surface area (Å²) in [6, 6.07) is 0. The summed E-state index contributed by atoms with van der Waals surface area (Å²) in [4.78, 5) is 0. The second-order valence-corrected chi connectivity index (χ2v) is 6.63. The number of hydrogen-bond acceptors (Lipinski definition) is 6. The van der Waals surface area contributed by atoms with Gasteiger partial charge in [-0.1, -0.05) is 0 Å². The monoisotopic (exact) mass is 292 g/mol. The third-order valence-corrected chi connectivity index (χ3v) is 5.25. The molecule has 2 heterocycles. The maximum atomic E-state index is 12.4. The molecule has 0 aromatic carbocycles. The Morgan fingerprint density at radius 3 is 2.67 bits per heavy atom. The molecule has 5 nitrogen and oxygen atoms in total. The Morgan fingerprint density at radius 2 is 2.00 bits per heavy atom. The molecule has 7 heteroatoms. The average molecular weight is 292 g/mol. The Bertz CT molecular complexity index is 423. The molecule has 0 amide bonds. The van der Waals surface area contributed by atoms with Crippen LogP contribution < -0.4 is 9.47 Å². The molecule has 1 aromatic rings. The second kappa shape index (κ2) is 6.06. The molecule has 1 atom stereocenters. The van der Waals surface area contributed by atoms with Crippen LogP contribution in [0.2, 0.25) is 0 Å². The maximum Gasteiger partial charge on any atom is 0.334 e. The summed E-state index contributed by atoms with van der Waals surface area (Å²) in [5.41, 5.74) is 0. The first kappa shape index (κ1) is 13.9. The summed E-state index contributed by atoms with van der Waals surface area (Å²) in [6.45, 7) is 4.67. The van der Waals surface area contributed by atoms with Crippen molar-refractivity contribution in [2.75, 3.05) is 26.0 Å². The van der Waals surface area contributed by atoms with Crippen LogP contribution in [0.4, 0.5) is 0 Å². The fraction of sp³-hybridized carbons (Fsp3) is 0.636. The van der Waals surface area contributed by atoms with Gasteiger partial charge in [0, 0.05) is 10.8 Å². The first-order valence-electron chi connectivity index (χ1n) is 5.90. The molecule has 0 saturated carbocycles. The zero-order valence-corrected chi connectivity index (χ0v) is 12.2. The van der Waals surface area contributed by atoms with Crippen molar-refractivity contribution in [2.45, 2.75) is 20.0 Å². The van der Waals surface area contributed by atoms with Gasteiger partial charge in [-0.25, -0.2) is 0 Å². The summed E-state index contributed by atoms with van der Waals surface area (Å²) in [6.07, 6.45) is -0.0831. The summed E-state index contributed by atoms with van der Waals surface area (Å²) >= 11 is 1.51. The van der Waals surface area contributed by atoms with Crippen LogP contribution in [-0.4, -0.2) is 32.1 Å². The molecular weight excluding hydrogens is 275 g/mol. The van der Waals surface area contributed by atoms with Crippen molar-refractivity contribution >= 4 is 18.9 Å². The van der Waals surface area contributed by atoms with E-state index in [4.69, 9.17) is 18.5 Å². The Kier molecular flexibility index (Phi) is 4.67. The van der Waals surface area contributed by atoms with Gasteiger partial charge in [0.2, 0.25) is 0 Å². The van der Waals surface area contributed by atoms with E-state index in [0.717, 1.165) is 5.75 Å². The van der Waals surface area contributed by atoms with E-state index in [-0.39, 0.29) is 12.3 Å². The van der Waals surface area contributed by atoms with Gasteiger partial charge in [0.1, 0.15) is 12.7 Å². The van der Waals surface area contributed by atoms with Crippen LogP contribution in [0, 0.1) is 0 Å².